The molecule has 148 valence electrons. The lowest BCUT2D eigenvalue weighted by Gasteiger charge is -2.14. The molecule has 1 aromatic carbocycles. The summed E-state index contributed by atoms with van der Waals surface area (Å²) in [4.78, 5) is 0. The van der Waals surface area contributed by atoms with E-state index in [4.69, 9.17) is 20.7 Å². The van der Waals surface area contributed by atoms with E-state index in [2.05, 4.69) is 39.0 Å². The van der Waals surface area contributed by atoms with E-state index in [-0.39, 0.29) is 6.29 Å². The highest BCUT2D eigenvalue weighted by molar-refractivity contribution is 7.75. The molecule has 4 heteroatoms. The lowest BCUT2D eigenvalue weighted by molar-refractivity contribution is -0.107. The van der Waals surface area contributed by atoms with Crippen LogP contribution in [0.2, 0.25) is 0 Å². The maximum atomic E-state index is 6.12. The number of allylic oxidation sites excluding steroid dienone is 2. The summed E-state index contributed by atoms with van der Waals surface area (Å²) in [6.07, 6.45) is 13.9. The smallest absolute Gasteiger partial charge is 0.156 e. The Morgan fingerprint density at radius 2 is 1.58 bits per heavy atom. The zero-order valence-corrected chi connectivity index (χ0v) is 18.9. The first-order valence-corrected chi connectivity index (χ1v) is 11.7. The number of aryl methyl sites for hydroxylation is 1. The monoisotopic (exact) mass is 398 g/mol. The Morgan fingerprint density at radius 3 is 2.19 bits per heavy atom. The second-order valence-electron chi connectivity index (χ2n) is 6.96. The molecule has 1 unspecified atom stereocenters. The first kappa shape index (κ1) is 23.6. The van der Waals surface area contributed by atoms with Gasteiger partial charge in [0.15, 0.2) is 6.29 Å². The minimum absolute atomic E-state index is 0.0424. The third-order valence-corrected chi connectivity index (χ3v) is 6.58. The van der Waals surface area contributed by atoms with Crippen molar-refractivity contribution in [2.45, 2.75) is 78.4 Å². The van der Waals surface area contributed by atoms with Gasteiger partial charge in [0.2, 0.25) is 0 Å². The number of hydrogen-bond donors (Lipinski definition) is 0. The van der Waals surface area contributed by atoms with Crippen molar-refractivity contribution in [3.05, 3.63) is 40.5 Å². The molecule has 2 nitrogen and oxygen atoms in total. The Balaban J connectivity index is 2.23. The highest BCUT2D eigenvalue weighted by Gasteiger charge is 2.08. The molecule has 0 aromatic heterocycles. The van der Waals surface area contributed by atoms with E-state index >= 15 is 0 Å². The zero-order valence-electron chi connectivity index (χ0n) is 17.2. The van der Waals surface area contributed by atoms with Gasteiger partial charge < -0.3 is 9.47 Å². The van der Waals surface area contributed by atoms with Gasteiger partial charge in [-0.3, -0.25) is 0 Å². The molecule has 1 aromatic rings. The van der Waals surface area contributed by atoms with Crippen molar-refractivity contribution < 1.29 is 9.47 Å². The lowest BCUT2D eigenvalue weighted by Crippen LogP contribution is -2.12. The van der Waals surface area contributed by atoms with Crippen molar-refractivity contribution in [2.75, 3.05) is 14.2 Å². The van der Waals surface area contributed by atoms with Crippen molar-refractivity contribution in [1.29, 1.82) is 0 Å². The van der Waals surface area contributed by atoms with Crippen LogP contribution in [0.3, 0.4) is 0 Å². The Kier molecular flexibility index (Phi) is 12.5. The van der Waals surface area contributed by atoms with E-state index in [1.165, 1.54) is 53.2 Å². The predicted octanol–water partition coefficient (Wildman–Crippen LogP) is 6.52. The summed E-state index contributed by atoms with van der Waals surface area (Å²) in [6, 6.07) is 2.32. The molecule has 1 atom stereocenters. The van der Waals surface area contributed by atoms with Crippen molar-refractivity contribution in [2.24, 2.45) is 0 Å². The molecule has 0 amide bonds. The van der Waals surface area contributed by atoms with Crippen LogP contribution in [-0.2, 0) is 15.9 Å². The molecule has 0 aliphatic heterocycles. The van der Waals surface area contributed by atoms with Crippen LogP contribution in [-0.4, -0.2) is 20.5 Å². The summed E-state index contributed by atoms with van der Waals surface area (Å²) in [6.45, 7) is 6.65. The van der Waals surface area contributed by atoms with Crippen LogP contribution in [0.1, 0.15) is 67.2 Å². The fourth-order valence-corrected chi connectivity index (χ4v) is 4.35. The summed E-state index contributed by atoms with van der Waals surface area (Å²) in [7, 11) is 3.77. The van der Waals surface area contributed by atoms with Gasteiger partial charge >= 0.3 is 0 Å². The van der Waals surface area contributed by atoms with Crippen LogP contribution >= 0.6 is 19.2 Å². The Hall–Kier alpha value is -0.400. The molecule has 0 spiro atoms. The maximum Gasteiger partial charge on any atom is 0.156 e. The van der Waals surface area contributed by atoms with Crippen LogP contribution in [0, 0.1) is 20.8 Å². The molecule has 0 aliphatic carbocycles. The number of halogens is 1. The van der Waals surface area contributed by atoms with Gasteiger partial charge in [0.25, 0.3) is 0 Å². The summed E-state index contributed by atoms with van der Waals surface area (Å²) in [5.41, 5.74) is 5.68. The van der Waals surface area contributed by atoms with Crippen LogP contribution in [0.4, 0.5) is 0 Å². The van der Waals surface area contributed by atoms with Crippen molar-refractivity contribution in [3.8, 4) is 0 Å². The Morgan fingerprint density at radius 1 is 0.923 bits per heavy atom. The molecule has 0 aliphatic rings. The van der Waals surface area contributed by atoms with Crippen molar-refractivity contribution in [1.82, 2.24) is 0 Å². The van der Waals surface area contributed by atoms with E-state index in [0.717, 1.165) is 25.7 Å². The molecule has 0 radical (unpaired) electrons. The fraction of sp³-hybridized carbons (Fsp3) is 0.636. The molecule has 0 saturated heterocycles. The fourth-order valence-electron chi connectivity index (χ4n) is 3.20. The second-order valence-corrected chi connectivity index (χ2v) is 8.25. The van der Waals surface area contributed by atoms with E-state index in [1.807, 2.05) is 0 Å². The van der Waals surface area contributed by atoms with Gasteiger partial charge in [0.1, 0.15) is 0 Å². The van der Waals surface area contributed by atoms with Crippen molar-refractivity contribution >= 4 is 24.5 Å². The number of rotatable bonds is 13. The summed E-state index contributed by atoms with van der Waals surface area (Å²) >= 11 is 6.12. The van der Waals surface area contributed by atoms with E-state index in [1.54, 1.807) is 14.2 Å². The molecule has 0 heterocycles. The summed E-state index contributed by atoms with van der Waals surface area (Å²) in [5.74, 6) is 0. The molecule has 0 saturated carbocycles. The molecule has 26 heavy (non-hydrogen) atoms. The highest BCUT2D eigenvalue weighted by atomic mass is 35.7. The number of unbranched alkanes of at least 4 members (excludes halogenated alkanes) is 4. The minimum Gasteiger partial charge on any atom is -0.356 e. The van der Waals surface area contributed by atoms with Gasteiger partial charge in [-0.1, -0.05) is 29.8 Å². The first-order chi connectivity index (χ1) is 12.5. The Bertz CT molecular complexity index is 554. The second kappa shape index (κ2) is 13.7. The molecule has 0 N–H and O–H groups in total. The third kappa shape index (κ3) is 8.09. The predicted molar refractivity (Wildman–Crippen MR) is 117 cm³/mol. The quantitative estimate of drug-likeness (QED) is 0.163. The largest absolute Gasteiger partial charge is 0.356 e. The zero-order chi connectivity index (χ0) is 19.4. The van der Waals surface area contributed by atoms with E-state index in [9.17, 15) is 0 Å². The van der Waals surface area contributed by atoms with Crippen LogP contribution < -0.4 is 5.30 Å². The average molecular weight is 399 g/mol. The highest BCUT2D eigenvalue weighted by Crippen LogP contribution is 2.25. The molecular weight excluding hydrogens is 363 g/mol. The van der Waals surface area contributed by atoms with Crippen molar-refractivity contribution in [3.63, 3.8) is 0 Å². The number of hydrogen-bond acceptors (Lipinski definition) is 2. The van der Waals surface area contributed by atoms with E-state index in [0.29, 0.717) is 7.93 Å². The average Bonchev–Trinajstić information content (AvgIpc) is 2.66. The minimum atomic E-state index is -0.0424. The number of methoxy groups -OCH3 is 2. The van der Waals surface area contributed by atoms with Gasteiger partial charge in [0, 0.05) is 22.2 Å². The molecule has 1 rings (SSSR count). The Labute approximate surface area is 167 Å². The topological polar surface area (TPSA) is 18.5 Å². The van der Waals surface area contributed by atoms with Crippen LogP contribution in [0.25, 0.3) is 0 Å². The number of benzene rings is 1. The molecule has 0 bridgehead atoms. The molecular formula is C22H36ClO2P. The lowest BCUT2D eigenvalue weighted by atomic mass is 9.95. The van der Waals surface area contributed by atoms with Gasteiger partial charge in [-0.05, 0) is 99.3 Å². The van der Waals surface area contributed by atoms with Gasteiger partial charge in [-0.2, -0.15) is 0 Å². The SMILES string of the molecule is COC(CCCCC/C=C\CCCc1cc(PCl)c(C)c(C)c1C)OC. The van der Waals surface area contributed by atoms with E-state index < -0.39 is 0 Å². The van der Waals surface area contributed by atoms with Gasteiger partial charge in [-0.25, -0.2) is 0 Å². The summed E-state index contributed by atoms with van der Waals surface area (Å²) < 4.78 is 10.4. The van der Waals surface area contributed by atoms with Crippen LogP contribution in [0.5, 0.6) is 0 Å². The maximum absolute atomic E-state index is 6.12. The van der Waals surface area contributed by atoms with Gasteiger partial charge in [0.05, 0.1) is 0 Å². The molecule has 0 fully saturated rings. The van der Waals surface area contributed by atoms with Gasteiger partial charge in [-0.15, -0.1) is 0 Å². The summed E-state index contributed by atoms with van der Waals surface area (Å²) in [5, 5.41) is 1.31. The third-order valence-electron chi connectivity index (χ3n) is 5.25. The normalized spacial score (nSPS) is 12.3. The standard InChI is InChI=1S/C22H36ClO2P/c1-17-18(2)20(16-21(26-23)19(17)3)14-12-10-8-6-7-9-11-13-15-22(24-4)25-5/h6,8,16,22,26H,7,9-15H2,1-5H3/b8-6-. The first-order valence-electron chi connectivity index (χ1n) is 9.72. The number of ether oxygens (including phenoxy) is 2. The van der Waals surface area contributed by atoms with Crippen LogP contribution in [0.15, 0.2) is 18.2 Å².